The van der Waals surface area contributed by atoms with Crippen molar-refractivity contribution in [2.24, 2.45) is 5.41 Å². The fourth-order valence-electron chi connectivity index (χ4n) is 4.75. The molecular formula is C28H27F6N5O5. The number of piperidine rings is 1. The molecule has 4 heterocycles. The average molecular weight is 628 g/mol. The van der Waals surface area contributed by atoms with Gasteiger partial charge in [-0.25, -0.2) is 19.6 Å². The first-order valence-corrected chi connectivity index (χ1v) is 13.0. The second kappa shape index (κ2) is 14.1. The van der Waals surface area contributed by atoms with E-state index in [1.54, 1.807) is 24.8 Å². The van der Waals surface area contributed by atoms with Crippen molar-refractivity contribution in [2.45, 2.75) is 44.7 Å². The molecule has 2 N–H and O–H groups in total. The van der Waals surface area contributed by atoms with Crippen LogP contribution in [0.4, 0.5) is 32.3 Å². The maximum Gasteiger partial charge on any atom is 0.490 e. The molecule has 1 amide bonds. The molecule has 2 aliphatic heterocycles. The van der Waals surface area contributed by atoms with Crippen LogP contribution < -0.4 is 4.90 Å². The van der Waals surface area contributed by atoms with Gasteiger partial charge in [0.1, 0.15) is 0 Å². The van der Waals surface area contributed by atoms with Gasteiger partial charge in [-0.2, -0.15) is 26.3 Å². The van der Waals surface area contributed by atoms with Crippen molar-refractivity contribution in [3.8, 4) is 0 Å². The van der Waals surface area contributed by atoms with Crippen molar-refractivity contribution in [3.05, 3.63) is 83.9 Å². The average Bonchev–Trinajstić information content (AvgIpc) is 3.08. The van der Waals surface area contributed by atoms with Gasteiger partial charge in [0.25, 0.3) is 0 Å². The van der Waals surface area contributed by atoms with Crippen LogP contribution in [0.25, 0.3) is 0 Å². The van der Waals surface area contributed by atoms with E-state index in [0.717, 1.165) is 43.9 Å². The highest BCUT2D eigenvalue weighted by molar-refractivity contribution is 5.84. The number of pyridine rings is 1. The Labute approximate surface area is 247 Å². The number of carboxylic acids is 2. The number of benzene rings is 1. The second-order valence-electron chi connectivity index (χ2n) is 9.88. The van der Waals surface area contributed by atoms with Crippen molar-refractivity contribution in [3.63, 3.8) is 0 Å². The topological polar surface area (TPSA) is 137 Å². The lowest BCUT2D eigenvalue weighted by atomic mass is 9.73. The molecule has 1 spiro atoms. The third-order valence-electron chi connectivity index (χ3n) is 6.91. The number of anilines is 1. The molecule has 1 saturated heterocycles. The Balaban J connectivity index is 0.000000317. The van der Waals surface area contributed by atoms with Gasteiger partial charge in [-0.15, -0.1) is 0 Å². The molecule has 0 unspecified atom stereocenters. The molecule has 16 heteroatoms. The monoisotopic (exact) mass is 627 g/mol. The first kappa shape index (κ1) is 33.7. The molecule has 10 nitrogen and oxygen atoms in total. The number of carbonyl (C=O) groups is 3. The van der Waals surface area contributed by atoms with Crippen molar-refractivity contribution in [1.82, 2.24) is 19.9 Å². The number of hydrogen-bond acceptors (Lipinski definition) is 7. The molecule has 236 valence electrons. The number of carboxylic acid groups (broad SMARTS) is 2. The Morgan fingerprint density at radius 3 is 1.80 bits per heavy atom. The van der Waals surface area contributed by atoms with Gasteiger partial charge in [0.15, 0.2) is 0 Å². The highest BCUT2D eigenvalue weighted by atomic mass is 19.4. The summed E-state index contributed by atoms with van der Waals surface area (Å²) in [4.78, 5) is 48.8. The SMILES string of the molecule is O=C(O)C(F)(F)F.O=C(O)C(F)(F)F.O=C1N(Cc2ccncc2)Cc2ccccc2CC12CCN(c1ncccn1)CC2. The molecule has 3 aromatic rings. The first-order valence-electron chi connectivity index (χ1n) is 13.0. The van der Waals surface area contributed by atoms with Crippen LogP contribution in [-0.4, -0.2) is 73.4 Å². The van der Waals surface area contributed by atoms with Crippen LogP contribution in [0, 0.1) is 5.41 Å². The predicted octanol–water partition coefficient (Wildman–Crippen LogP) is 4.51. The molecule has 2 aromatic heterocycles. The Hall–Kier alpha value is -4.76. The first-order chi connectivity index (χ1) is 20.6. The highest BCUT2D eigenvalue weighted by Crippen LogP contribution is 2.41. The minimum absolute atomic E-state index is 0.268. The zero-order valence-electron chi connectivity index (χ0n) is 22.9. The quantitative estimate of drug-likeness (QED) is 0.402. The summed E-state index contributed by atoms with van der Waals surface area (Å²) < 4.78 is 63.5. The number of hydrogen-bond donors (Lipinski definition) is 2. The summed E-state index contributed by atoms with van der Waals surface area (Å²) in [6.07, 6.45) is -0.610. The third-order valence-corrected chi connectivity index (χ3v) is 6.91. The van der Waals surface area contributed by atoms with Gasteiger partial charge in [0.2, 0.25) is 11.9 Å². The van der Waals surface area contributed by atoms with Crippen LogP contribution >= 0.6 is 0 Å². The minimum atomic E-state index is -5.08. The van der Waals surface area contributed by atoms with Gasteiger partial charge in [-0.05, 0) is 54.2 Å². The van der Waals surface area contributed by atoms with Crippen molar-refractivity contribution < 1.29 is 50.9 Å². The lowest BCUT2D eigenvalue weighted by Crippen LogP contribution is -2.50. The smallest absolute Gasteiger partial charge is 0.475 e. The van der Waals surface area contributed by atoms with Gasteiger partial charge in [0, 0.05) is 51.0 Å². The number of rotatable bonds is 3. The largest absolute Gasteiger partial charge is 0.490 e. The molecule has 2 aliphatic rings. The number of aromatic nitrogens is 3. The van der Waals surface area contributed by atoms with E-state index in [1.807, 2.05) is 23.1 Å². The number of carbonyl (C=O) groups excluding carboxylic acids is 1. The maximum absolute atomic E-state index is 13.9. The van der Waals surface area contributed by atoms with Gasteiger partial charge in [0.05, 0.1) is 5.41 Å². The molecule has 1 aromatic carbocycles. The molecule has 0 saturated carbocycles. The van der Waals surface area contributed by atoms with Gasteiger partial charge >= 0.3 is 24.3 Å². The molecule has 0 atom stereocenters. The van der Waals surface area contributed by atoms with Crippen LogP contribution in [0.2, 0.25) is 0 Å². The van der Waals surface area contributed by atoms with Crippen molar-refractivity contribution in [1.29, 1.82) is 0 Å². The summed E-state index contributed by atoms with van der Waals surface area (Å²) in [7, 11) is 0. The summed E-state index contributed by atoms with van der Waals surface area (Å²) in [5, 5.41) is 14.2. The van der Waals surface area contributed by atoms with E-state index < -0.39 is 24.3 Å². The fraction of sp³-hybridized carbons (Fsp3) is 0.357. The zero-order chi connectivity index (χ0) is 32.5. The Morgan fingerprint density at radius 2 is 1.30 bits per heavy atom. The molecule has 44 heavy (non-hydrogen) atoms. The molecular weight excluding hydrogens is 600 g/mol. The normalized spacial score (nSPS) is 16.0. The summed E-state index contributed by atoms with van der Waals surface area (Å²) in [6.45, 7) is 2.86. The summed E-state index contributed by atoms with van der Waals surface area (Å²) >= 11 is 0. The van der Waals surface area contributed by atoms with Crippen LogP contribution in [-0.2, 0) is 33.9 Å². The van der Waals surface area contributed by atoms with E-state index >= 15 is 0 Å². The van der Waals surface area contributed by atoms with Crippen LogP contribution in [0.1, 0.15) is 29.5 Å². The van der Waals surface area contributed by atoms with Gasteiger partial charge in [-0.3, -0.25) is 9.78 Å². The molecule has 0 radical (unpaired) electrons. The van der Waals surface area contributed by atoms with E-state index in [1.165, 1.54) is 11.1 Å². The van der Waals surface area contributed by atoms with Crippen molar-refractivity contribution in [2.75, 3.05) is 18.0 Å². The highest BCUT2D eigenvalue weighted by Gasteiger charge is 2.46. The number of halogens is 6. The van der Waals surface area contributed by atoms with E-state index in [9.17, 15) is 31.1 Å². The Kier molecular flexibility index (Phi) is 10.8. The summed E-state index contributed by atoms with van der Waals surface area (Å²) in [6, 6.07) is 14.3. The molecule has 5 rings (SSSR count). The lowest BCUT2D eigenvalue weighted by molar-refractivity contribution is -0.193. The standard InChI is InChI=1S/C24H25N5O.2C2HF3O2/c30-22-24(8-14-28(15-9-24)23-26-10-3-11-27-23)16-20-4-1-2-5-21(20)18-29(22)17-19-6-12-25-13-7-19;2*3-2(4,5)1(6)7/h1-7,10-13H,8-9,14-18H2;2*(H,6,7). The van der Waals surface area contributed by atoms with E-state index in [-0.39, 0.29) is 11.3 Å². The molecule has 0 aliphatic carbocycles. The number of alkyl halides is 6. The second-order valence-corrected chi connectivity index (χ2v) is 9.88. The maximum atomic E-state index is 13.9. The molecule has 0 bridgehead atoms. The van der Waals surface area contributed by atoms with Crippen LogP contribution in [0.15, 0.2) is 67.3 Å². The number of fused-ring (bicyclic) bond motifs is 1. The summed E-state index contributed by atoms with van der Waals surface area (Å²) in [5.41, 5.74) is 3.30. The Morgan fingerprint density at radius 1 is 0.795 bits per heavy atom. The van der Waals surface area contributed by atoms with E-state index in [2.05, 4.69) is 44.1 Å². The third kappa shape index (κ3) is 9.12. The van der Waals surface area contributed by atoms with Crippen LogP contribution in [0.3, 0.4) is 0 Å². The minimum Gasteiger partial charge on any atom is -0.475 e. The molecule has 1 fully saturated rings. The van der Waals surface area contributed by atoms with Crippen LogP contribution in [0.5, 0.6) is 0 Å². The number of aliphatic carboxylic acids is 2. The van der Waals surface area contributed by atoms with Gasteiger partial charge < -0.3 is 20.0 Å². The van der Waals surface area contributed by atoms with Crippen molar-refractivity contribution >= 4 is 23.8 Å². The number of amides is 1. The zero-order valence-corrected chi connectivity index (χ0v) is 22.9. The predicted molar refractivity (Wildman–Crippen MR) is 142 cm³/mol. The van der Waals surface area contributed by atoms with Gasteiger partial charge in [-0.1, -0.05) is 24.3 Å². The lowest BCUT2D eigenvalue weighted by Gasteiger charge is -2.42. The number of nitrogens with zero attached hydrogens (tertiary/aromatic N) is 5. The fourth-order valence-corrected chi connectivity index (χ4v) is 4.75. The van der Waals surface area contributed by atoms with E-state index in [0.29, 0.717) is 13.1 Å². The summed E-state index contributed by atoms with van der Waals surface area (Å²) in [5.74, 6) is -4.49. The Bertz CT molecular complexity index is 1390. The van der Waals surface area contributed by atoms with E-state index in [4.69, 9.17) is 19.8 Å².